The maximum Gasteiger partial charge on any atom is 0.226 e. The molecule has 1 aromatic heterocycles. The van der Waals surface area contributed by atoms with Gasteiger partial charge in [0.15, 0.2) is 0 Å². The van der Waals surface area contributed by atoms with Crippen LogP contribution in [-0.2, 0) is 9.59 Å². The Labute approximate surface area is 178 Å². The highest BCUT2D eigenvalue weighted by Gasteiger charge is 2.60. The van der Waals surface area contributed by atoms with Crippen molar-refractivity contribution in [2.24, 2.45) is 17.3 Å². The fourth-order valence-corrected chi connectivity index (χ4v) is 7.72. The number of rotatable bonds is 8. The molecule has 5 nitrogen and oxygen atoms in total. The van der Waals surface area contributed by atoms with Crippen LogP contribution in [0.15, 0.2) is 16.8 Å². The number of hydrogen-bond acceptors (Lipinski definition) is 4. The van der Waals surface area contributed by atoms with Crippen LogP contribution < -0.4 is 10.6 Å². The van der Waals surface area contributed by atoms with Crippen molar-refractivity contribution < 1.29 is 9.59 Å². The number of likely N-dealkylation sites (N-methyl/N-ethyl adjacent to an activating group) is 1. The van der Waals surface area contributed by atoms with Crippen LogP contribution in [0.1, 0.15) is 70.9 Å². The van der Waals surface area contributed by atoms with Gasteiger partial charge in [-0.3, -0.25) is 14.5 Å². The lowest BCUT2D eigenvalue weighted by Crippen LogP contribution is -2.66. The zero-order chi connectivity index (χ0) is 20.6. The van der Waals surface area contributed by atoms with E-state index in [1.807, 2.05) is 0 Å². The molecule has 0 saturated heterocycles. The van der Waals surface area contributed by atoms with Gasteiger partial charge >= 0.3 is 0 Å². The summed E-state index contributed by atoms with van der Waals surface area (Å²) in [6.07, 6.45) is 6.13. The molecule has 4 saturated carbocycles. The van der Waals surface area contributed by atoms with Gasteiger partial charge in [0, 0.05) is 19.0 Å². The number of carbonyl (C=O) groups excluding carboxylic acids is 2. The first-order valence-electron chi connectivity index (χ1n) is 11.2. The van der Waals surface area contributed by atoms with Crippen molar-refractivity contribution in [1.29, 1.82) is 0 Å². The average Bonchev–Trinajstić information content (AvgIpc) is 3.17. The highest BCUT2D eigenvalue weighted by molar-refractivity contribution is 7.07. The molecule has 4 bridgehead atoms. The van der Waals surface area contributed by atoms with Crippen LogP contribution >= 0.6 is 11.3 Å². The van der Waals surface area contributed by atoms with Gasteiger partial charge in [0.05, 0.1) is 11.5 Å². The van der Waals surface area contributed by atoms with E-state index in [2.05, 4.69) is 46.2 Å². The van der Waals surface area contributed by atoms with Crippen LogP contribution in [-0.4, -0.2) is 41.9 Å². The van der Waals surface area contributed by atoms with Gasteiger partial charge in [-0.15, -0.1) is 0 Å². The summed E-state index contributed by atoms with van der Waals surface area (Å²) in [5.41, 5.74) is 0.840. The van der Waals surface area contributed by atoms with Gasteiger partial charge in [0.25, 0.3) is 0 Å². The van der Waals surface area contributed by atoms with E-state index in [1.54, 1.807) is 18.3 Å². The van der Waals surface area contributed by atoms with Gasteiger partial charge in [-0.1, -0.05) is 13.8 Å². The molecule has 0 spiro atoms. The van der Waals surface area contributed by atoms with Gasteiger partial charge in [-0.2, -0.15) is 11.3 Å². The van der Waals surface area contributed by atoms with Gasteiger partial charge in [0.1, 0.15) is 0 Å². The first-order valence-corrected chi connectivity index (χ1v) is 12.2. The van der Waals surface area contributed by atoms with Crippen LogP contribution in [0, 0.1) is 17.3 Å². The van der Waals surface area contributed by atoms with Gasteiger partial charge in [0.2, 0.25) is 11.8 Å². The molecule has 4 aliphatic rings. The SMILES string of the molecule is CCN(CC)[C@H](CNC(=O)C12C[C@H]3C[C@@H](CC(NC(C)=O)(C3)C1)C2)c1ccsc1. The van der Waals surface area contributed by atoms with E-state index in [0.29, 0.717) is 18.4 Å². The van der Waals surface area contributed by atoms with Crippen molar-refractivity contribution in [3.63, 3.8) is 0 Å². The molecule has 6 heteroatoms. The summed E-state index contributed by atoms with van der Waals surface area (Å²) in [5, 5.41) is 10.9. The molecule has 5 rings (SSSR count). The van der Waals surface area contributed by atoms with E-state index < -0.39 is 0 Å². The van der Waals surface area contributed by atoms with E-state index >= 15 is 0 Å². The Hall–Kier alpha value is -1.40. The van der Waals surface area contributed by atoms with Gasteiger partial charge in [-0.25, -0.2) is 0 Å². The second kappa shape index (κ2) is 8.03. The lowest BCUT2D eigenvalue weighted by atomic mass is 9.46. The minimum absolute atomic E-state index is 0.0431. The summed E-state index contributed by atoms with van der Waals surface area (Å²) in [4.78, 5) is 27.8. The van der Waals surface area contributed by atoms with E-state index in [9.17, 15) is 9.59 Å². The standard InChI is InChI=1S/C23H35N3O2S/c1-4-26(5-2)20(19-6-7-29-14-19)13-24-21(28)22-9-17-8-18(10-22)12-23(11-17,15-22)25-16(3)27/h6-7,14,17-18,20H,4-5,8-13,15H2,1-3H3,(H,24,28)(H,25,27)/t17-,18-,20-,22?,23?/m1/s1. The number of nitrogens with one attached hydrogen (secondary N) is 2. The molecule has 29 heavy (non-hydrogen) atoms. The summed E-state index contributed by atoms with van der Waals surface area (Å²) in [5.74, 6) is 1.41. The Morgan fingerprint density at radius 2 is 1.90 bits per heavy atom. The molecule has 4 fully saturated rings. The smallest absolute Gasteiger partial charge is 0.226 e. The normalized spacial score (nSPS) is 33.7. The van der Waals surface area contributed by atoms with Crippen LogP contribution in [0.25, 0.3) is 0 Å². The fraction of sp³-hybridized carbons (Fsp3) is 0.739. The quantitative estimate of drug-likeness (QED) is 0.678. The van der Waals surface area contributed by atoms with E-state index in [0.717, 1.165) is 45.2 Å². The summed E-state index contributed by atoms with van der Waals surface area (Å²) in [6.45, 7) is 8.56. The Balaban J connectivity index is 1.49. The lowest BCUT2D eigenvalue weighted by molar-refractivity contribution is -0.153. The zero-order valence-electron chi connectivity index (χ0n) is 18.0. The molecule has 1 aromatic rings. The van der Waals surface area contributed by atoms with Crippen molar-refractivity contribution in [2.45, 2.75) is 70.9 Å². The topological polar surface area (TPSA) is 61.4 Å². The second-order valence-electron chi connectivity index (χ2n) is 9.71. The number of thiophene rings is 1. The van der Waals surface area contributed by atoms with Gasteiger partial charge in [-0.05, 0) is 85.8 Å². The number of carbonyl (C=O) groups is 2. The maximum atomic E-state index is 13.6. The molecule has 2 N–H and O–H groups in total. The molecule has 2 amide bonds. The minimum Gasteiger partial charge on any atom is -0.354 e. The monoisotopic (exact) mass is 417 g/mol. The largest absolute Gasteiger partial charge is 0.354 e. The number of hydrogen-bond donors (Lipinski definition) is 2. The van der Waals surface area contributed by atoms with E-state index in [1.165, 1.54) is 12.0 Å². The molecule has 3 atom stereocenters. The Morgan fingerprint density at radius 1 is 1.21 bits per heavy atom. The fourth-order valence-electron chi connectivity index (χ4n) is 7.01. The molecule has 0 radical (unpaired) electrons. The summed E-state index contributed by atoms with van der Waals surface area (Å²) in [6, 6.07) is 2.40. The zero-order valence-corrected chi connectivity index (χ0v) is 18.8. The van der Waals surface area contributed by atoms with Crippen molar-refractivity contribution in [1.82, 2.24) is 15.5 Å². The molecule has 160 valence electrons. The molecule has 4 aliphatic carbocycles. The van der Waals surface area contributed by atoms with E-state index in [4.69, 9.17) is 0 Å². The minimum atomic E-state index is -0.297. The van der Waals surface area contributed by atoms with Crippen LogP contribution in [0.5, 0.6) is 0 Å². The Bertz CT molecular complexity index is 729. The second-order valence-corrected chi connectivity index (χ2v) is 10.5. The van der Waals surface area contributed by atoms with E-state index in [-0.39, 0.29) is 28.8 Å². The third-order valence-electron chi connectivity index (χ3n) is 7.62. The molecule has 0 aliphatic heterocycles. The Kier molecular flexibility index (Phi) is 5.77. The van der Waals surface area contributed by atoms with Crippen molar-refractivity contribution >= 4 is 23.2 Å². The number of amides is 2. The van der Waals surface area contributed by atoms with Crippen LogP contribution in [0.3, 0.4) is 0 Å². The lowest BCUT2D eigenvalue weighted by Gasteiger charge is -2.61. The molecule has 1 heterocycles. The summed E-state index contributed by atoms with van der Waals surface area (Å²) in [7, 11) is 0. The molecular formula is C23H35N3O2S. The average molecular weight is 418 g/mol. The van der Waals surface area contributed by atoms with Crippen molar-refractivity contribution in [3.05, 3.63) is 22.4 Å². The first-order chi connectivity index (χ1) is 13.9. The predicted molar refractivity (Wildman–Crippen MR) is 117 cm³/mol. The third-order valence-corrected chi connectivity index (χ3v) is 8.32. The predicted octanol–water partition coefficient (Wildman–Crippen LogP) is 3.72. The molecular weight excluding hydrogens is 382 g/mol. The first kappa shape index (κ1) is 20.9. The van der Waals surface area contributed by atoms with Crippen molar-refractivity contribution in [3.8, 4) is 0 Å². The van der Waals surface area contributed by atoms with Crippen LogP contribution in [0.2, 0.25) is 0 Å². The summed E-state index contributed by atoms with van der Waals surface area (Å²) >= 11 is 1.71. The van der Waals surface area contributed by atoms with Crippen LogP contribution in [0.4, 0.5) is 0 Å². The Morgan fingerprint density at radius 3 is 2.45 bits per heavy atom. The molecule has 0 unspecified atom stereocenters. The summed E-state index contributed by atoms with van der Waals surface area (Å²) < 4.78 is 0. The highest BCUT2D eigenvalue weighted by atomic mass is 32.1. The van der Waals surface area contributed by atoms with Gasteiger partial charge < -0.3 is 10.6 Å². The van der Waals surface area contributed by atoms with Crippen molar-refractivity contribution in [2.75, 3.05) is 19.6 Å². The maximum absolute atomic E-state index is 13.6. The number of nitrogens with zero attached hydrogens (tertiary/aromatic N) is 1. The third kappa shape index (κ3) is 3.98. The molecule has 0 aromatic carbocycles. The highest BCUT2D eigenvalue weighted by Crippen LogP contribution is 2.61.